The molecule has 0 heterocycles. The largest absolute Gasteiger partial charge is 0.352 e. The van der Waals surface area contributed by atoms with E-state index in [2.05, 4.69) is 24.9 Å². The van der Waals surface area contributed by atoms with Crippen LogP contribution in [-0.4, -0.2) is 17.2 Å². The minimum atomic E-state index is -0.127. The summed E-state index contributed by atoms with van der Waals surface area (Å²) in [6.45, 7) is 4.15. The Balaban J connectivity index is 2.26. The molecule has 0 spiro atoms. The van der Waals surface area contributed by atoms with Gasteiger partial charge in [-0.15, -0.1) is 0 Å². The minimum absolute atomic E-state index is 0.0948. The third-order valence-electron chi connectivity index (χ3n) is 2.64. The fraction of sp³-hybridized carbons (Fsp3) is 0.889. The van der Waals surface area contributed by atoms with E-state index in [1.807, 2.05) is 6.92 Å². The third-order valence-corrected chi connectivity index (χ3v) is 3.24. The topological polar surface area (TPSA) is 29.1 Å². The monoisotopic (exact) mass is 187 g/mol. The molecule has 1 rings (SSSR count). The lowest BCUT2D eigenvalue weighted by molar-refractivity contribution is -0.122. The summed E-state index contributed by atoms with van der Waals surface area (Å²) in [5, 5.41) is 2.87. The molecule has 0 radical (unpaired) electrons. The van der Waals surface area contributed by atoms with E-state index >= 15 is 0 Å². The van der Waals surface area contributed by atoms with E-state index in [4.69, 9.17) is 0 Å². The van der Waals surface area contributed by atoms with Crippen LogP contribution in [0.4, 0.5) is 0 Å². The molecule has 3 heteroatoms. The Labute approximate surface area is 79.5 Å². The van der Waals surface area contributed by atoms with E-state index < -0.39 is 0 Å². The van der Waals surface area contributed by atoms with Gasteiger partial charge in [0.05, 0.1) is 5.25 Å². The summed E-state index contributed by atoms with van der Waals surface area (Å²) in [5.74, 6) is 0.753. The van der Waals surface area contributed by atoms with Crippen molar-refractivity contribution in [1.82, 2.24) is 5.32 Å². The Kier molecular flexibility index (Phi) is 3.44. The third kappa shape index (κ3) is 2.16. The molecule has 1 amide bonds. The van der Waals surface area contributed by atoms with Crippen molar-refractivity contribution in [3.63, 3.8) is 0 Å². The molecule has 1 fully saturated rings. The maximum absolute atomic E-state index is 11.3. The van der Waals surface area contributed by atoms with Crippen LogP contribution < -0.4 is 5.32 Å². The first-order valence-corrected chi connectivity index (χ1v) is 5.15. The number of hydrogen-bond donors (Lipinski definition) is 2. The van der Waals surface area contributed by atoms with Gasteiger partial charge in [-0.2, -0.15) is 12.6 Å². The molecule has 0 bridgehead atoms. The van der Waals surface area contributed by atoms with Crippen LogP contribution in [0.25, 0.3) is 0 Å². The predicted octanol–water partition coefficient (Wildman–Crippen LogP) is 1.61. The van der Waals surface area contributed by atoms with E-state index in [0.717, 1.165) is 12.8 Å². The lowest BCUT2D eigenvalue weighted by Gasteiger charge is -2.35. The van der Waals surface area contributed by atoms with Gasteiger partial charge < -0.3 is 5.32 Å². The number of thiol groups is 1. The molecular weight excluding hydrogens is 170 g/mol. The van der Waals surface area contributed by atoms with Crippen LogP contribution >= 0.6 is 12.6 Å². The van der Waals surface area contributed by atoms with Gasteiger partial charge in [0.1, 0.15) is 0 Å². The van der Waals surface area contributed by atoms with E-state index in [-0.39, 0.29) is 11.2 Å². The summed E-state index contributed by atoms with van der Waals surface area (Å²) in [4.78, 5) is 11.3. The van der Waals surface area contributed by atoms with Gasteiger partial charge >= 0.3 is 0 Å². The van der Waals surface area contributed by atoms with Crippen LogP contribution in [0.1, 0.15) is 33.1 Å². The van der Waals surface area contributed by atoms with E-state index in [1.165, 1.54) is 6.42 Å². The summed E-state index contributed by atoms with van der Waals surface area (Å²) in [6.07, 6.45) is 3.18. The molecule has 2 nitrogen and oxygen atoms in total. The highest BCUT2D eigenvalue weighted by molar-refractivity contribution is 7.81. The molecule has 1 aliphatic carbocycles. The highest BCUT2D eigenvalue weighted by Crippen LogP contribution is 2.26. The zero-order valence-electron chi connectivity index (χ0n) is 7.71. The van der Waals surface area contributed by atoms with Gasteiger partial charge in [-0.1, -0.05) is 13.8 Å². The van der Waals surface area contributed by atoms with E-state index in [0.29, 0.717) is 12.0 Å². The average molecular weight is 187 g/mol. The van der Waals surface area contributed by atoms with Crippen LogP contribution in [0.5, 0.6) is 0 Å². The van der Waals surface area contributed by atoms with Crippen molar-refractivity contribution in [2.24, 2.45) is 5.92 Å². The van der Waals surface area contributed by atoms with E-state index in [9.17, 15) is 4.79 Å². The summed E-state index contributed by atoms with van der Waals surface area (Å²) >= 11 is 4.18. The second kappa shape index (κ2) is 4.17. The van der Waals surface area contributed by atoms with E-state index in [1.54, 1.807) is 0 Å². The predicted molar refractivity (Wildman–Crippen MR) is 53.4 cm³/mol. The highest BCUT2D eigenvalue weighted by atomic mass is 32.1. The normalized spacial score (nSPS) is 30.6. The molecule has 0 saturated heterocycles. The lowest BCUT2D eigenvalue weighted by atomic mass is 9.81. The quantitative estimate of drug-likeness (QED) is 0.646. The van der Waals surface area contributed by atoms with Crippen LogP contribution in [0.15, 0.2) is 0 Å². The molecule has 3 unspecified atom stereocenters. The van der Waals surface area contributed by atoms with Gasteiger partial charge in [0.15, 0.2) is 0 Å². The summed E-state index contributed by atoms with van der Waals surface area (Å²) < 4.78 is 0. The maximum Gasteiger partial charge on any atom is 0.233 e. The second-order valence-corrected chi connectivity index (χ2v) is 4.22. The minimum Gasteiger partial charge on any atom is -0.352 e. The molecule has 1 saturated carbocycles. The van der Waals surface area contributed by atoms with Gasteiger partial charge in [0.2, 0.25) is 5.91 Å². The van der Waals surface area contributed by atoms with Crippen molar-refractivity contribution in [3.8, 4) is 0 Å². The van der Waals surface area contributed by atoms with Gasteiger partial charge in [-0.05, 0) is 25.2 Å². The Morgan fingerprint density at radius 1 is 1.67 bits per heavy atom. The second-order valence-electron chi connectivity index (χ2n) is 3.59. The van der Waals surface area contributed by atoms with Crippen molar-refractivity contribution in [1.29, 1.82) is 0 Å². The van der Waals surface area contributed by atoms with Crippen molar-refractivity contribution in [2.45, 2.75) is 44.4 Å². The standard InChI is InChI=1S/C9H17NOS/c1-3-8(12)9(11)10-7-5-4-6(7)2/h6-8,12H,3-5H2,1-2H3,(H,10,11). The molecule has 3 atom stereocenters. The number of hydrogen-bond acceptors (Lipinski definition) is 2. The van der Waals surface area contributed by atoms with Crippen LogP contribution in [0.3, 0.4) is 0 Å². The molecular formula is C9H17NOS. The first kappa shape index (κ1) is 9.90. The summed E-state index contributed by atoms with van der Waals surface area (Å²) in [5.41, 5.74) is 0. The smallest absolute Gasteiger partial charge is 0.233 e. The van der Waals surface area contributed by atoms with Gasteiger partial charge in [-0.3, -0.25) is 4.79 Å². The molecule has 12 heavy (non-hydrogen) atoms. The van der Waals surface area contributed by atoms with Gasteiger partial charge in [-0.25, -0.2) is 0 Å². The molecule has 0 aromatic heterocycles. The van der Waals surface area contributed by atoms with Crippen molar-refractivity contribution in [3.05, 3.63) is 0 Å². The first-order chi connectivity index (χ1) is 5.65. The fourth-order valence-electron chi connectivity index (χ4n) is 1.35. The number of rotatable bonds is 3. The highest BCUT2D eigenvalue weighted by Gasteiger charge is 2.28. The van der Waals surface area contributed by atoms with Crippen LogP contribution in [0, 0.1) is 5.92 Å². The Bertz CT molecular complexity index is 172. The zero-order chi connectivity index (χ0) is 9.14. The number of amides is 1. The lowest BCUT2D eigenvalue weighted by Crippen LogP contribution is -2.47. The average Bonchev–Trinajstić information content (AvgIpc) is 2.09. The fourth-order valence-corrected chi connectivity index (χ4v) is 1.42. The SMILES string of the molecule is CCC(S)C(=O)NC1CCC1C. The van der Waals surface area contributed by atoms with Crippen molar-refractivity contribution >= 4 is 18.5 Å². The zero-order valence-corrected chi connectivity index (χ0v) is 8.60. The summed E-state index contributed by atoms with van der Waals surface area (Å²) in [7, 11) is 0. The maximum atomic E-state index is 11.3. The Hall–Kier alpha value is -0.180. The molecule has 0 aromatic rings. The molecule has 1 aliphatic rings. The first-order valence-electron chi connectivity index (χ1n) is 4.63. The van der Waals surface area contributed by atoms with Gasteiger partial charge in [0, 0.05) is 6.04 Å². The Morgan fingerprint density at radius 3 is 2.67 bits per heavy atom. The molecule has 0 aliphatic heterocycles. The van der Waals surface area contributed by atoms with Crippen molar-refractivity contribution < 1.29 is 4.79 Å². The summed E-state index contributed by atoms with van der Waals surface area (Å²) in [6, 6.07) is 0.415. The number of nitrogens with one attached hydrogen (secondary N) is 1. The molecule has 1 N–H and O–H groups in total. The molecule has 70 valence electrons. The number of carbonyl (C=O) groups excluding carboxylic acids is 1. The van der Waals surface area contributed by atoms with Crippen molar-refractivity contribution in [2.75, 3.05) is 0 Å². The van der Waals surface area contributed by atoms with Crippen LogP contribution in [0.2, 0.25) is 0 Å². The Morgan fingerprint density at radius 2 is 2.33 bits per heavy atom. The number of carbonyl (C=O) groups is 1. The molecule has 0 aromatic carbocycles. The van der Waals surface area contributed by atoms with Crippen LogP contribution in [-0.2, 0) is 4.79 Å². The van der Waals surface area contributed by atoms with Gasteiger partial charge in [0.25, 0.3) is 0 Å².